The molecule has 148 valence electrons. The number of aliphatic imine (C=N–C) groups is 1. The Morgan fingerprint density at radius 1 is 1.11 bits per heavy atom. The topological polar surface area (TPSA) is 67.0 Å². The van der Waals surface area contributed by atoms with E-state index in [0.717, 1.165) is 48.1 Å². The molecule has 2 aliphatic rings. The molecule has 1 fully saturated rings. The molecule has 2 N–H and O–H groups in total. The number of pyridine rings is 1. The Hall–Kier alpha value is -2.44. The minimum atomic E-state index is 0.494. The van der Waals surface area contributed by atoms with E-state index < -0.39 is 0 Å². The summed E-state index contributed by atoms with van der Waals surface area (Å²) < 4.78 is 6.09. The van der Waals surface area contributed by atoms with Gasteiger partial charge in [0.25, 0.3) is 0 Å². The summed E-state index contributed by atoms with van der Waals surface area (Å²) in [7, 11) is 2.19. The fourth-order valence-electron chi connectivity index (χ4n) is 3.76. The Labute approximate surface area is 166 Å². The molecule has 0 bridgehead atoms. The Balaban J connectivity index is 1.34. The maximum atomic E-state index is 6.09. The van der Waals surface area contributed by atoms with E-state index in [1.165, 1.54) is 31.8 Å². The minimum absolute atomic E-state index is 0.494. The minimum Gasteiger partial charge on any atom is -0.493 e. The van der Waals surface area contributed by atoms with Crippen molar-refractivity contribution in [1.29, 1.82) is 0 Å². The summed E-state index contributed by atoms with van der Waals surface area (Å²) in [5.74, 6) is 1.32. The number of fused-ring (bicyclic) bond motifs is 1. The fourth-order valence-corrected chi connectivity index (χ4v) is 3.76. The Kier molecular flexibility index (Phi) is 5.88. The summed E-state index contributed by atoms with van der Waals surface area (Å²) in [6.45, 7) is 7.27. The summed E-state index contributed by atoms with van der Waals surface area (Å²) in [6.07, 6.45) is 6.09. The van der Waals surface area contributed by atoms with Crippen molar-refractivity contribution in [2.24, 2.45) is 4.99 Å². The molecule has 1 aromatic carbocycles. The van der Waals surface area contributed by atoms with Crippen LogP contribution in [0.25, 0.3) is 16.5 Å². The second-order valence-corrected chi connectivity index (χ2v) is 7.66. The number of unbranched alkanes of at least 4 members (excludes halogenated alkanes) is 1. The lowest BCUT2D eigenvalue weighted by molar-refractivity contribution is 0.150. The second-order valence-electron chi connectivity index (χ2n) is 7.66. The van der Waals surface area contributed by atoms with Crippen LogP contribution < -0.4 is 10.5 Å². The Bertz CT molecular complexity index is 884. The van der Waals surface area contributed by atoms with Gasteiger partial charge in [-0.3, -0.25) is 4.99 Å². The quantitative estimate of drug-likeness (QED) is 0.749. The smallest absolute Gasteiger partial charge is 0.132 e. The van der Waals surface area contributed by atoms with Crippen LogP contribution in [0.15, 0.2) is 35.3 Å². The standard InChI is InChI=1S/C22H29N5O/c1-26-9-11-27(12-10-26)8-2-3-13-28-21-15-22(23)25-20-14-17(4-5-19(20)21)18-6-7-24-16-18/h4-7,14-15H,2-3,8-13,16H2,1H3,(H2,23,25). The number of piperazine rings is 1. The van der Waals surface area contributed by atoms with E-state index in [1.807, 2.05) is 18.4 Å². The molecule has 1 aromatic heterocycles. The van der Waals surface area contributed by atoms with Crippen molar-refractivity contribution in [2.75, 3.05) is 58.7 Å². The summed E-state index contributed by atoms with van der Waals surface area (Å²) in [5.41, 5.74) is 9.25. The first-order valence-corrected chi connectivity index (χ1v) is 10.1. The molecule has 0 aliphatic carbocycles. The number of anilines is 1. The van der Waals surface area contributed by atoms with Crippen LogP contribution in [0.2, 0.25) is 0 Å². The molecule has 0 unspecified atom stereocenters. The van der Waals surface area contributed by atoms with Crippen LogP contribution in [0, 0.1) is 0 Å². The molecule has 0 amide bonds. The molecule has 2 aromatic rings. The van der Waals surface area contributed by atoms with E-state index in [2.05, 4.69) is 45.0 Å². The van der Waals surface area contributed by atoms with Crippen molar-refractivity contribution in [1.82, 2.24) is 14.8 Å². The van der Waals surface area contributed by atoms with Gasteiger partial charge in [0, 0.05) is 43.8 Å². The van der Waals surface area contributed by atoms with Gasteiger partial charge in [0.1, 0.15) is 11.6 Å². The number of nitrogen functional groups attached to an aromatic ring is 1. The first kappa shape index (κ1) is 18.9. The van der Waals surface area contributed by atoms with Crippen molar-refractivity contribution in [2.45, 2.75) is 12.8 Å². The van der Waals surface area contributed by atoms with Gasteiger partial charge >= 0.3 is 0 Å². The molecule has 1 saturated heterocycles. The van der Waals surface area contributed by atoms with Gasteiger partial charge in [-0.15, -0.1) is 0 Å². The maximum absolute atomic E-state index is 6.09. The van der Waals surface area contributed by atoms with E-state index >= 15 is 0 Å². The number of ether oxygens (including phenoxy) is 1. The van der Waals surface area contributed by atoms with Crippen molar-refractivity contribution >= 4 is 28.5 Å². The fraction of sp³-hybridized carbons (Fsp3) is 0.455. The zero-order chi connectivity index (χ0) is 19.3. The number of allylic oxidation sites excluding steroid dienone is 1. The normalized spacial score (nSPS) is 18.0. The summed E-state index contributed by atoms with van der Waals surface area (Å²) in [4.78, 5) is 13.7. The van der Waals surface area contributed by atoms with E-state index in [-0.39, 0.29) is 0 Å². The number of aromatic nitrogens is 1. The highest BCUT2D eigenvalue weighted by Gasteiger charge is 2.13. The molecule has 6 nitrogen and oxygen atoms in total. The molecule has 0 radical (unpaired) electrons. The molecule has 3 heterocycles. The lowest BCUT2D eigenvalue weighted by atomic mass is 10.0. The zero-order valence-electron chi connectivity index (χ0n) is 16.6. The number of hydrogen-bond donors (Lipinski definition) is 1. The third-order valence-corrected chi connectivity index (χ3v) is 5.53. The Morgan fingerprint density at radius 2 is 1.96 bits per heavy atom. The van der Waals surface area contributed by atoms with Crippen LogP contribution in [0.4, 0.5) is 5.82 Å². The number of nitrogens with zero attached hydrogens (tertiary/aromatic N) is 4. The van der Waals surface area contributed by atoms with E-state index in [0.29, 0.717) is 12.4 Å². The molecule has 4 rings (SSSR count). The van der Waals surface area contributed by atoms with Crippen LogP contribution in [0.1, 0.15) is 18.4 Å². The summed E-state index contributed by atoms with van der Waals surface area (Å²) >= 11 is 0. The first-order valence-electron chi connectivity index (χ1n) is 10.1. The zero-order valence-corrected chi connectivity index (χ0v) is 16.6. The SMILES string of the molecule is CN1CCN(CCCCOc2cc(N)nc3cc(C4=CC=NC4)ccc23)CC1. The molecule has 0 saturated carbocycles. The molecule has 6 heteroatoms. The van der Waals surface area contributed by atoms with Crippen LogP contribution in [0.3, 0.4) is 0 Å². The van der Waals surface area contributed by atoms with Gasteiger partial charge in [0.15, 0.2) is 0 Å². The first-order chi connectivity index (χ1) is 13.7. The molecule has 2 aliphatic heterocycles. The maximum Gasteiger partial charge on any atom is 0.132 e. The Morgan fingerprint density at radius 3 is 2.75 bits per heavy atom. The van der Waals surface area contributed by atoms with Gasteiger partial charge in [-0.25, -0.2) is 4.98 Å². The largest absolute Gasteiger partial charge is 0.493 e. The van der Waals surface area contributed by atoms with E-state index in [1.54, 1.807) is 0 Å². The second kappa shape index (κ2) is 8.71. The van der Waals surface area contributed by atoms with Crippen LogP contribution >= 0.6 is 0 Å². The van der Waals surface area contributed by atoms with Gasteiger partial charge in [0.05, 0.1) is 18.7 Å². The highest BCUT2D eigenvalue weighted by molar-refractivity contribution is 5.94. The molecule has 0 atom stereocenters. The summed E-state index contributed by atoms with van der Waals surface area (Å²) in [6, 6.07) is 8.10. The van der Waals surface area contributed by atoms with Gasteiger partial charge in [0.2, 0.25) is 0 Å². The van der Waals surface area contributed by atoms with Crippen LogP contribution in [-0.2, 0) is 0 Å². The number of benzene rings is 1. The molecular formula is C22H29N5O. The lowest BCUT2D eigenvalue weighted by Gasteiger charge is -2.32. The third-order valence-electron chi connectivity index (χ3n) is 5.53. The average Bonchev–Trinajstić information content (AvgIpc) is 3.23. The van der Waals surface area contributed by atoms with Crippen molar-refractivity contribution in [3.63, 3.8) is 0 Å². The summed E-state index contributed by atoms with van der Waals surface area (Å²) in [5, 5.41) is 1.01. The third kappa shape index (κ3) is 4.51. The van der Waals surface area contributed by atoms with Gasteiger partial charge in [-0.2, -0.15) is 0 Å². The predicted molar refractivity (Wildman–Crippen MR) is 116 cm³/mol. The van der Waals surface area contributed by atoms with Crippen LogP contribution in [0.5, 0.6) is 5.75 Å². The molecule has 28 heavy (non-hydrogen) atoms. The highest BCUT2D eigenvalue weighted by atomic mass is 16.5. The van der Waals surface area contributed by atoms with Crippen molar-refractivity contribution in [3.05, 3.63) is 35.9 Å². The van der Waals surface area contributed by atoms with Crippen molar-refractivity contribution in [3.8, 4) is 5.75 Å². The molecular weight excluding hydrogens is 350 g/mol. The number of hydrogen-bond acceptors (Lipinski definition) is 6. The van der Waals surface area contributed by atoms with Gasteiger partial charge in [-0.05, 0) is 55.8 Å². The van der Waals surface area contributed by atoms with Crippen molar-refractivity contribution < 1.29 is 4.74 Å². The lowest BCUT2D eigenvalue weighted by Crippen LogP contribution is -2.44. The number of rotatable bonds is 7. The number of likely N-dealkylation sites (N-methyl/N-ethyl adjacent to an activating group) is 1. The number of nitrogens with two attached hydrogens (primary N) is 1. The average molecular weight is 380 g/mol. The monoisotopic (exact) mass is 379 g/mol. The van der Waals surface area contributed by atoms with Gasteiger partial charge in [-0.1, -0.05) is 6.07 Å². The highest BCUT2D eigenvalue weighted by Crippen LogP contribution is 2.30. The van der Waals surface area contributed by atoms with Gasteiger partial charge < -0.3 is 20.3 Å². The molecule has 0 spiro atoms. The van der Waals surface area contributed by atoms with Crippen LogP contribution in [-0.4, -0.2) is 73.9 Å². The van der Waals surface area contributed by atoms with E-state index in [9.17, 15) is 0 Å². The predicted octanol–water partition coefficient (Wildman–Crippen LogP) is 2.69. The van der Waals surface area contributed by atoms with E-state index in [4.69, 9.17) is 10.5 Å².